The first-order valence-corrected chi connectivity index (χ1v) is 4.37. The molecular weight excluding hydrogens is 201 g/mol. The minimum atomic E-state index is -0.993. The summed E-state index contributed by atoms with van der Waals surface area (Å²) in [6.07, 6.45) is 1.64. The van der Waals surface area contributed by atoms with Gasteiger partial charge in [-0.05, 0) is 12.1 Å². The molecular formula is C10H9LiN3O2. The first-order chi connectivity index (χ1) is 7.18. The molecule has 0 aromatic carbocycles. The van der Waals surface area contributed by atoms with Crippen LogP contribution in [0.4, 0.5) is 0 Å². The number of hydrogen-bond donors (Lipinski definition) is 1. The Morgan fingerprint density at radius 2 is 2.12 bits per heavy atom. The summed E-state index contributed by atoms with van der Waals surface area (Å²) in [6, 6.07) is 6.92. The van der Waals surface area contributed by atoms with E-state index in [-0.39, 0.29) is 24.6 Å². The van der Waals surface area contributed by atoms with Gasteiger partial charge in [-0.25, -0.2) is 4.79 Å². The van der Waals surface area contributed by atoms with E-state index in [1.165, 1.54) is 10.7 Å². The average Bonchev–Trinajstić information content (AvgIpc) is 2.62. The van der Waals surface area contributed by atoms with Gasteiger partial charge < -0.3 is 5.11 Å². The first kappa shape index (κ1) is 12.5. The Morgan fingerprint density at radius 3 is 2.62 bits per heavy atom. The molecule has 0 aliphatic carbocycles. The van der Waals surface area contributed by atoms with E-state index >= 15 is 0 Å². The largest absolute Gasteiger partial charge is 0.477 e. The second-order valence-corrected chi connectivity index (χ2v) is 3.06. The smallest absolute Gasteiger partial charge is 0.354 e. The zero-order valence-corrected chi connectivity index (χ0v) is 9.08. The standard InChI is InChI=1S/C10H9N3O2.Li/c1-13-9(10(14)15)6-8(12-13)7-4-2-3-5-11-7;/h2-6H,1H3,(H,14,15);. The summed E-state index contributed by atoms with van der Waals surface area (Å²) in [5.41, 5.74) is 1.38. The van der Waals surface area contributed by atoms with E-state index in [0.717, 1.165) is 0 Å². The minimum Gasteiger partial charge on any atom is -0.477 e. The third-order valence-corrected chi connectivity index (χ3v) is 2.03. The molecule has 0 saturated heterocycles. The molecule has 5 nitrogen and oxygen atoms in total. The van der Waals surface area contributed by atoms with Crippen molar-refractivity contribution >= 4 is 24.8 Å². The van der Waals surface area contributed by atoms with Gasteiger partial charge in [0.1, 0.15) is 11.4 Å². The second kappa shape index (κ2) is 4.97. The van der Waals surface area contributed by atoms with E-state index in [1.807, 2.05) is 6.07 Å². The number of rotatable bonds is 2. The van der Waals surface area contributed by atoms with Crippen molar-refractivity contribution in [1.82, 2.24) is 14.8 Å². The molecule has 0 aliphatic heterocycles. The molecule has 2 rings (SSSR count). The topological polar surface area (TPSA) is 68.0 Å². The van der Waals surface area contributed by atoms with Crippen molar-refractivity contribution in [3.63, 3.8) is 0 Å². The van der Waals surface area contributed by atoms with Crippen LogP contribution in [-0.2, 0) is 7.05 Å². The molecule has 0 unspecified atom stereocenters. The summed E-state index contributed by atoms with van der Waals surface area (Å²) in [5.74, 6) is -0.993. The molecule has 6 heteroatoms. The van der Waals surface area contributed by atoms with Crippen molar-refractivity contribution in [3.05, 3.63) is 36.2 Å². The van der Waals surface area contributed by atoms with E-state index in [2.05, 4.69) is 10.1 Å². The van der Waals surface area contributed by atoms with Crippen LogP contribution >= 0.6 is 0 Å². The van der Waals surface area contributed by atoms with Gasteiger partial charge in [0.25, 0.3) is 0 Å². The molecule has 1 radical (unpaired) electrons. The third-order valence-electron chi connectivity index (χ3n) is 2.03. The van der Waals surface area contributed by atoms with E-state index in [0.29, 0.717) is 11.4 Å². The zero-order valence-electron chi connectivity index (χ0n) is 9.08. The van der Waals surface area contributed by atoms with Gasteiger partial charge in [-0.2, -0.15) is 5.10 Å². The Labute approximate surface area is 104 Å². The van der Waals surface area contributed by atoms with Crippen LogP contribution in [0.15, 0.2) is 30.5 Å². The number of nitrogens with zero attached hydrogens (tertiary/aromatic N) is 3. The van der Waals surface area contributed by atoms with E-state index in [1.54, 1.807) is 25.4 Å². The summed E-state index contributed by atoms with van der Waals surface area (Å²) in [7, 11) is 1.59. The first-order valence-electron chi connectivity index (χ1n) is 4.37. The molecule has 2 aromatic rings. The summed E-state index contributed by atoms with van der Waals surface area (Å²) in [5, 5.41) is 12.9. The molecule has 0 saturated carbocycles. The van der Waals surface area contributed by atoms with Crippen LogP contribution in [0, 0.1) is 0 Å². The Kier molecular flexibility index (Phi) is 3.88. The molecule has 16 heavy (non-hydrogen) atoms. The molecule has 0 aliphatic rings. The van der Waals surface area contributed by atoms with Crippen LogP contribution in [-0.4, -0.2) is 44.7 Å². The molecule has 0 amide bonds. The van der Waals surface area contributed by atoms with E-state index in [9.17, 15) is 4.79 Å². The number of hydrogen-bond acceptors (Lipinski definition) is 3. The number of carbonyl (C=O) groups is 1. The van der Waals surface area contributed by atoms with Gasteiger partial charge in [0.15, 0.2) is 0 Å². The van der Waals surface area contributed by atoms with E-state index < -0.39 is 5.97 Å². The predicted molar refractivity (Wildman–Crippen MR) is 59.2 cm³/mol. The molecule has 2 heterocycles. The summed E-state index contributed by atoms with van der Waals surface area (Å²) in [6.45, 7) is 0. The zero-order chi connectivity index (χ0) is 10.8. The maximum absolute atomic E-state index is 10.8. The Hall–Kier alpha value is -1.57. The van der Waals surface area contributed by atoms with Crippen LogP contribution in [0.5, 0.6) is 0 Å². The van der Waals surface area contributed by atoms with Gasteiger partial charge in [0.2, 0.25) is 0 Å². The molecule has 0 fully saturated rings. The van der Waals surface area contributed by atoms with Crippen molar-refractivity contribution in [3.8, 4) is 11.4 Å². The molecule has 0 atom stereocenters. The third kappa shape index (κ3) is 2.32. The normalized spacial score (nSPS) is 9.56. The van der Waals surface area contributed by atoms with Gasteiger partial charge >= 0.3 is 5.97 Å². The predicted octanol–water partition coefficient (Wildman–Crippen LogP) is 0.799. The van der Waals surface area contributed by atoms with E-state index in [4.69, 9.17) is 5.11 Å². The van der Waals surface area contributed by atoms with Crippen LogP contribution in [0.3, 0.4) is 0 Å². The maximum atomic E-state index is 10.8. The maximum Gasteiger partial charge on any atom is 0.354 e. The van der Waals surface area contributed by atoms with Crippen LogP contribution in [0.1, 0.15) is 10.5 Å². The number of carboxylic acids is 1. The number of pyridine rings is 1. The number of aromatic nitrogens is 3. The fraction of sp³-hybridized carbons (Fsp3) is 0.100. The van der Waals surface area contributed by atoms with Crippen molar-refractivity contribution in [2.75, 3.05) is 0 Å². The quantitative estimate of drug-likeness (QED) is 0.744. The molecule has 0 bridgehead atoms. The van der Waals surface area contributed by atoms with Crippen molar-refractivity contribution in [1.29, 1.82) is 0 Å². The SMILES string of the molecule is Cn1nc(-c2ccccn2)cc1C(=O)O.[Li]. The van der Waals surface area contributed by atoms with Crippen molar-refractivity contribution in [2.45, 2.75) is 0 Å². The average molecular weight is 210 g/mol. The van der Waals surface area contributed by atoms with Crippen LogP contribution < -0.4 is 0 Å². The fourth-order valence-electron chi connectivity index (χ4n) is 1.31. The van der Waals surface area contributed by atoms with Gasteiger partial charge in [0.05, 0.1) is 5.69 Å². The Balaban J connectivity index is 0.00000128. The van der Waals surface area contributed by atoms with Crippen LogP contribution in [0.25, 0.3) is 11.4 Å². The summed E-state index contributed by atoms with van der Waals surface area (Å²) in [4.78, 5) is 14.9. The number of carboxylic acid groups (broad SMARTS) is 1. The summed E-state index contributed by atoms with van der Waals surface area (Å²) >= 11 is 0. The molecule has 1 N–H and O–H groups in total. The minimum absolute atomic E-state index is 0. The van der Waals surface area contributed by atoms with Crippen molar-refractivity contribution < 1.29 is 9.90 Å². The fourth-order valence-corrected chi connectivity index (χ4v) is 1.31. The number of aryl methyl sites for hydroxylation is 1. The molecule has 2 aromatic heterocycles. The Morgan fingerprint density at radius 1 is 1.38 bits per heavy atom. The Bertz CT molecular complexity index is 496. The van der Waals surface area contributed by atoms with Gasteiger partial charge in [0, 0.05) is 38.2 Å². The molecule has 0 spiro atoms. The summed E-state index contributed by atoms with van der Waals surface area (Å²) < 4.78 is 1.33. The van der Waals surface area contributed by atoms with Crippen molar-refractivity contribution in [2.24, 2.45) is 7.05 Å². The van der Waals surface area contributed by atoms with Gasteiger partial charge in [-0.1, -0.05) is 6.07 Å². The van der Waals surface area contributed by atoms with Gasteiger partial charge in [-0.15, -0.1) is 0 Å². The molecule has 77 valence electrons. The van der Waals surface area contributed by atoms with Gasteiger partial charge in [-0.3, -0.25) is 9.67 Å². The number of aromatic carboxylic acids is 1. The van der Waals surface area contributed by atoms with Crippen LogP contribution in [0.2, 0.25) is 0 Å². The second-order valence-electron chi connectivity index (χ2n) is 3.06. The monoisotopic (exact) mass is 210 g/mol.